The predicted octanol–water partition coefficient (Wildman–Crippen LogP) is 4.75. The first-order chi connectivity index (χ1) is 13.8. The fourth-order valence-electron chi connectivity index (χ4n) is 2.46. The molecule has 0 unspecified atom stereocenters. The van der Waals surface area contributed by atoms with Gasteiger partial charge >= 0.3 is 6.18 Å². The van der Waals surface area contributed by atoms with Crippen molar-refractivity contribution >= 4 is 29.1 Å². The van der Waals surface area contributed by atoms with Gasteiger partial charge < -0.3 is 15.7 Å². The van der Waals surface area contributed by atoms with Crippen LogP contribution in [0.25, 0.3) is 11.4 Å². The van der Waals surface area contributed by atoms with Crippen molar-refractivity contribution in [2.75, 3.05) is 17.2 Å². The quantitative estimate of drug-likeness (QED) is 0.531. The normalized spacial score (nSPS) is 12.5. The number of aliphatic hydroxyl groups is 1. The van der Waals surface area contributed by atoms with Gasteiger partial charge in [-0.3, -0.25) is 4.98 Å². The van der Waals surface area contributed by atoms with Crippen LogP contribution in [0, 0.1) is 0 Å². The Hall–Kier alpha value is -2.91. The molecule has 0 aliphatic rings. The predicted molar refractivity (Wildman–Crippen MR) is 105 cm³/mol. The number of aromatic nitrogens is 3. The summed E-state index contributed by atoms with van der Waals surface area (Å²) in [6, 6.07) is 10.0. The lowest BCUT2D eigenvalue weighted by molar-refractivity contribution is -0.137. The summed E-state index contributed by atoms with van der Waals surface area (Å²) >= 11 is 5.67. The topological polar surface area (TPSA) is 83.0 Å². The number of hydrogen-bond acceptors (Lipinski definition) is 6. The zero-order valence-corrected chi connectivity index (χ0v) is 16.0. The number of hydrogen-bond donors (Lipinski definition) is 3. The first kappa shape index (κ1) is 20.8. The van der Waals surface area contributed by atoms with Crippen LogP contribution in [0.1, 0.15) is 12.5 Å². The molecule has 3 N–H and O–H groups in total. The lowest BCUT2D eigenvalue weighted by Crippen LogP contribution is -2.21. The highest BCUT2D eigenvalue weighted by molar-refractivity contribution is 6.31. The summed E-state index contributed by atoms with van der Waals surface area (Å²) in [7, 11) is 0. The van der Waals surface area contributed by atoms with Gasteiger partial charge in [0, 0.05) is 24.0 Å². The number of nitrogens with one attached hydrogen (secondary N) is 2. The second-order valence-electron chi connectivity index (χ2n) is 6.22. The van der Waals surface area contributed by atoms with Gasteiger partial charge in [0.25, 0.3) is 0 Å². The van der Waals surface area contributed by atoms with Crippen LogP contribution in [-0.4, -0.2) is 32.7 Å². The highest BCUT2D eigenvalue weighted by atomic mass is 35.5. The summed E-state index contributed by atoms with van der Waals surface area (Å²) in [6.07, 6.45) is -2.98. The lowest BCUT2D eigenvalue weighted by atomic mass is 10.2. The van der Waals surface area contributed by atoms with Crippen molar-refractivity contribution in [1.82, 2.24) is 15.0 Å². The van der Waals surface area contributed by atoms with E-state index in [0.717, 1.165) is 6.07 Å². The van der Waals surface area contributed by atoms with E-state index in [1.807, 2.05) is 0 Å². The number of aliphatic hydroxyl groups excluding tert-OH is 1. The Bertz CT molecular complexity index is 985. The third kappa shape index (κ3) is 5.33. The molecule has 0 spiro atoms. The van der Waals surface area contributed by atoms with Crippen LogP contribution < -0.4 is 10.6 Å². The molecule has 10 heteroatoms. The number of alkyl halides is 3. The number of anilines is 3. The maximum Gasteiger partial charge on any atom is 0.417 e. The molecule has 0 aliphatic carbocycles. The maximum atomic E-state index is 13.1. The van der Waals surface area contributed by atoms with E-state index in [2.05, 4.69) is 25.6 Å². The first-order valence-electron chi connectivity index (χ1n) is 8.58. The molecule has 152 valence electrons. The van der Waals surface area contributed by atoms with Crippen LogP contribution in [0.4, 0.5) is 30.6 Å². The van der Waals surface area contributed by atoms with E-state index in [4.69, 9.17) is 11.6 Å². The summed E-state index contributed by atoms with van der Waals surface area (Å²) in [5, 5.41) is 14.6. The number of halogens is 4. The molecule has 0 saturated carbocycles. The van der Waals surface area contributed by atoms with E-state index in [9.17, 15) is 18.3 Å². The molecule has 0 amide bonds. The summed E-state index contributed by atoms with van der Waals surface area (Å²) in [5.41, 5.74) is 0.231. The van der Waals surface area contributed by atoms with Crippen molar-refractivity contribution in [2.24, 2.45) is 0 Å². The number of pyridine rings is 1. The Morgan fingerprint density at radius 2 is 1.90 bits per heavy atom. The van der Waals surface area contributed by atoms with E-state index in [1.165, 1.54) is 12.1 Å². The maximum absolute atomic E-state index is 13.1. The van der Waals surface area contributed by atoms with Crippen LogP contribution in [0.3, 0.4) is 0 Å². The molecule has 0 saturated heterocycles. The fourth-order valence-corrected chi connectivity index (χ4v) is 2.68. The van der Waals surface area contributed by atoms with Gasteiger partial charge in [-0.25, -0.2) is 4.98 Å². The third-order valence-corrected chi connectivity index (χ3v) is 4.18. The van der Waals surface area contributed by atoms with Gasteiger partial charge in [-0.2, -0.15) is 18.2 Å². The standard InChI is InChI=1S/C19H17ClF3N5O/c1-11(10-29)25-18-27-16(15-4-2-3-7-24-15)9-17(28-18)26-12-5-6-14(20)13(8-12)19(21,22)23/h2-9,11,29H,10H2,1H3,(H2,25,26,27,28)/t11-/m0/s1. The van der Waals surface area contributed by atoms with Crippen molar-refractivity contribution in [3.63, 3.8) is 0 Å². The van der Waals surface area contributed by atoms with Crippen LogP contribution in [-0.2, 0) is 6.18 Å². The minimum Gasteiger partial charge on any atom is -0.394 e. The van der Waals surface area contributed by atoms with Gasteiger partial charge in [-0.15, -0.1) is 0 Å². The van der Waals surface area contributed by atoms with Crippen molar-refractivity contribution in [3.05, 3.63) is 59.2 Å². The molecule has 29 heavy (non-hydrogen) atoms. The highest BCUT2D eigenvalue weighted by Crippen LogP contribution is 2.36. The molecule has 6 nitrogen and oxygen atoms in total. The molecule has 0 aliphatic heterocycles. The second-order valence-corrected chi connectivity index (χ2v) is 6.63. The molecule has 3 rings (SSSR count). The Labute approximate surface area is 169 Å². The van der Waals surface area contributed by atoms with Crippen LogP contribution >= 0.6 is 11.6 Å². The minimum atomic E-state index is -4.58. The summed E-state index contributed by atoms with van der Waals surface area (Å²) < 4.78 is 39.4. The molecule has 0 radical (unpaired) electrons. The summed E-state index contributed by atoms with van der Waals surface area (Å²) in [6.45, 7) is 1.59. The first-order valence-corrected chi connectivity index (χ1v) is 8.95. The zero-order valence-electron chi connectivity index (χ0n) is 15.2. The van der Waals surface area contributed by atoms with Gasteiger partial charge in [0.05, 0.1) is 28.6 Å². The number of nitrogens with zero attached hydrogens (tertiary/aromatic N) is 3. The highest BCUT2D eigenvalue weighted by Gasteiger charge is 2.33. The van der Waals surface area contributed by atoms with Crippen molar-refractivity contribution in [2.45, 2.75) is 19.1 Å². The molecule has 2 heterocycles. The van der Waals surface area contributed by atoms with Crippen molar-refractivity contribution in [3.8, 4) is 11.4 Å². The average Bonchev–Trinajstić information content (AvgIpc) is 2.69. The zero-order chi connectivity index (χ0) is 21.0. The molecule has 1 atom stereocenters. The van der Waals surface area contributed by atoms with E-state index in [-0.39, 0.29) is 35.1 Å². The molecule has 0 fully saturated rings. The Morgan fingerprint density at radius 1 is 1.10 bits per heavy atom. The SMILES string of the molecule is C[C@@H](CO)Nc1nc(Nc2ccc(Cl)c(C(F)(F)F)c2)cc(-c2ccccn2)n1. The summed E-state index contributed by atoms with van der Waals surface area (Å²) in [5.74, 6) is 0.450. The van der Waals surface area contributed by atoms with Crippen LogP contribution in [0.5, 0.6) is 0 Å². The fraction of sp³-hybridized carbons (Fsp3) is 0.211. The Morgan fingerprint density at radius 3 is 2.55 bits per heavy atom. The van der Waals surface area contributed by atoms with E-state index in [1.54, 1.807) is 37.4 Å². The van der Waals surface area contributed by atoms with Gasteiger partial charge in [0.2, 0.25) is 5.95 Å². The van der Waals surface area contributed by atoms with Gasteiger partial charge in [0.15, 0.2) is 0 Å². The smallest absolute Gasteiger partial charge is 0.394 e. The van der Waals surface area contributed by atoms with Crippen LogP contribution in [0.2, 0.25) is 5.02 Å². The monoisotopic (exact) mass is 423 g/mol. The Balaban J connectivity index is 1.99. The molecule has 0 bridgehead atoms. The number of rotatable bonds is 6. The molecular formula is C19H17ClF3N5O. The van der Waals surface area contributed by atoms with E-state index in [0.29, 0.717) is 11.4 Å². The lowest BCUT2D eigenvalue weighted by Gasteiger charge is -2.15. The minimum absolute atomic E-state index is 0.147. The van der Waals surface area contributed by atoms with Crippen molar-refractivity contribution in [1.29, 1.82) is 0 Å². The summed E-state index contributed by atoms with van der Waals surface area (Å²) in [4.78, 5) is 12.9. The Kier molecular flexibility index (Phi) is 6.19. The van der Waals surface area contributed by atoms with E-state index < -0.39 is 11.7 Å². The van der Waals surface area contributed by atoms with Gasteiger partial charge in [0.1, 0.15) is 5.82 Å². The third-order valence-electron chi connectivity index (χ3n) is 3.85. The van der Waals surface area contributed by atoms with E-state index >= 15 is 0 Å². The second kappa shape index (κ2) is 8.62. The van der Waals surface area contributed by atoms with Crippen LogP contribution in [0.15, 0.2) is 48.7 Å². The van der Waals surface area contributed by atoms with Crippen molar-refractivity contribution < 1.29 is 18.3 Å². The average molecular weight is 424 g/mol. The largest absolute Gasteiger partial charge is 0.417 e. The molecule has 3 aromatic rings. The van der Waals surface area contributed by atoms with Gasteiger partial charge in [-0.05, 0) is 37.3 Å². The molecule has 1 aromatic carbocycles. The molecular weight excluding hydrogens is 407 g/mol. The van der Waals surface area contributed by atoms with Gasteiger partial charge in [-0.1, -0.05) is 17.7 Å². The molecule has 2 aromatic heterocycles. The number of benzene rings is 1.